The van der Waals surface area contributed by atoms with E-state index in [0.29, 0.717) is 0 Å². The standard InChI is InChI=1S/C11H10ClF3O3/c1-17-8-3-2-4-9(18-11(13,14)15)10(8)7(16)5-6-12/h2-4H,5-6H2,1H3. The Morgan fingerprint density at radius 3 is 2.44 bits per heavy atom. The number of hydrogen-bond acceptors (Lipinski definition) is 3. The van der Waals surface area contributed by atoms with Crippen LogP contribution in [0, 0.1) is 0 Å². The van der Waals surface area contributed by atoms with Gasteiger partial charge in [0.05, 0.1) is 7.11 Å². The van der Waals surface area contributed by atoms with Gasteiger partial charge >= 0.3 is 6.36 Å². The van der Waals surface area contributed by atoms with Crippen molar-refractivity contribution in [2.24, 2.45) is 0 Å². The van der Waals surface area contributed by atoms with Crippen molar-refractivity contribution in [3.63, 3.8) is 0 Å². The summed E-state index contributed by atoms with van der Waals surface area (Å²) in [4.78, 5) is 11.7. The minimum absolute atomic E-state index is 0.00232. The molecule has 0 aromatic heterocycles. The van der Waals surface area contributed by atoms with Crippen LogP contribution in [0.2, 0.25) is 0 Å². The predicted molar refractivity (Wildman–Crippen MR) is 59.3 cm³/mol. The molecule has 0 N–H and O–H groups in total. The molecule has 0 heterocycles. The van der Waals surface area contributed by atoms with Gasteiger partial charge in [0, 0.05) is 12.3 Å². The lowest BCUT2D eigenvalue weighted by Crippen LogP contribution is -2.19. The summed E-state index contributed by atoms with van der Waals surface area (Å²) in [5.74, 6) is -1.13. The highest BCUT2D eigenvalue weighted by molar-refractivity contribution is 6.20. The Kier molecular flexibility index (Phi) is 4.84. The number of benzene rings is 1. The molecule has 0 fully saturated rings. The molecule has 0 aliphatic rings. The summed E-state index contributed by atoms with van der Waals surface area (Å²) in [6.45, 7) is 0. The van der Waals surface area contributed by atoms with Crippen molar-refractivity contribution < 1.29 is 27.4 Å². The highest BCUT2D eigenvalue weighted by Crippen LogP contribution is 2.33. The highest BCUT2D eigenvalue weighted by atomic mass is 35.5. The third-order valence-electron chi connectivity index (χ3n) is 2.03. The van der Waals surface area contributed by atoms with Gasteiger partial charge in [-0.15, -0.1) is 24.8 Å². The van der Waals surface area contributed by atoms with Gasteiger partial charge in [0.15, 0.2) is 5.78 Å². The summed E-state index contributed by atoms with van der Waals surface area (Å²) in [5, 5.41) is 0. The number of methoxy groups -OCH3 is 1. The highest BCUT2D eigenvalue weighted by Gasteiger charge is 2.33. The van der Waals surface area contributed by atoms with Crippen molar-refractivity contribution in [2.45, 2.75) is 12.8 Å². The molecule has 0 atom stereocenters. The lowest BCUT2D eigenvalue weighted by molar-refractivity contribution is -0.274. The summed E-state index contributed by atoms with van der Waals surface area (Å²) >= 11 is 5.40. The number of ketones is 1. The van der Waals surface area contributed by atoms with Crippen molar-refractivity contribution in [3.8, 4) is 11.5 Å². The average molecular weight is 283 g/mol. The van der Waals surface area contributed by atoms with E-state index < -0.39 is 17.9 Å². The van der Waals surface area contributed by atoms with Crippen LogP contribution in [0.5, 0.6) is 11.5 Å². The van der Waals surface area contributed by atoms with Crippen LogP contribution >= 0.6 is 11.6 Å². The molecular weight excluding hydrogens is 273 g/mol. The first-order valence-corrected chi connectivity index (χ1v) is 5.44. The molecule has 0 saturated heterocycles. The van der Waals surface area contributed by atoms with Gasteiger partial charge < -0.3 is 9.47 Å². The number of halogens is 4. The molecule has 0 unspecified atom stereocenters. The monoisotopic (exact) mass is 282 g/mol. The molecular formula is C11H10ClF3O3. The maximum absolute atomic E-state index is 12.2. The van der Waals surface area contributed by atoms with Crippen LogP contribution in [-0.4, -0.2) is 25.1 Å². The van der Waals surface area contributed by atoms with Gasteiger partial charge in [-0.1, -0.05) is 6.07 Å². The van der Waals surface area contributed by atoms with Crippen LogP contribution in [0.25, 0.3) is 0 Å². The van der Waals surface area contributed by atoms with Crippen LogP contribution in [0.1, 0.15) is 16.8 Å². The average Bonchev–Trinajstić information content (AvgIpc) is 2.26. The number of rotatable bonds is 5. The Morgan fingerprint density at radius 1 is 1.33 bits per heavy atom. The van der Waals surface area contributed by atoms with Gasteiger partial charge in [0.2, 0.25) is 0 Å². The summed E-state index contributed by atoms with van der Waals surface area (Å²) in [5.41, 5.74) is -0.252. The van der Waals surface area contributed by atoms with E-state index in [2.05, 4.69) is 4.74 Å². The van der Waals surface area contributed by atoms with E-state index in [1.165, 1.54) is 19.2 Å². The number of Topliss-reactive ketones (excluding diaryl/α,β-unsaturated/α-hetero) is 1. The maximum atomic E-state index is 12.2. The number of alkyl halides is 4. The van der Waals surface area contributed by atoms with E-state index in [0.717, 1.165) is 6.07 Å². The fraction of sp³-hybridized carbons (Fsp3) is 0.364. The van der Waals surface area contributed by atoms with E-state index in [1.54, 1.807) is 0 Å². The second-order valence-corrected chi connectivity index (χ2v) is 3.62. The fourth-order valence-corrected chi connectivity index (χ4v) is 1.55. The molecule has 0 aliphatic carbocycles. The second kappa shape index (κ2) is 5.95. The normalized spacial score (nSPS) is 11.2. The van der Waals surface area contributed by atoms with Crippen molar-refractivity contribution in [3.05, 3.63) is 23.8 Å². The van der Waals surface area contributed by atoms with Gasteiger partial charge in [-0.2, -0.15) is 0 Å². The van der Waals surface area contributed by atoms with Crippen molar-refractivity contribution in [1.29, 1.82) is 0 Å². The molecule has 18 heavy (non-hydrogen) atoms. The summed E-state index contributed by atoms with van der Waals surface area (Å²) in [6.07, 6.45) is -4.97. The van der Waals surface area contributed by atoms with Crippen LogP contribution in [-0.2, 0) is 0 Å². The molecule has 1 aromatic rings. The summed E-state index contributed by atoms with van der Waals surface area (Å²) in [6, 6.07) is 3.74. The lowest BCUT2D eigenvalue weighted by atomic mass is 10.1. The largest absolute Gasteiger partial charge is 0.573 e. The Labute approximate surface area is 106 Å². The molecule has 0 radical (unpaired) electrons. The third kappa shape index (κ3) is 3.80. The number of ether oxygens (including phenoxy) is 2. The molecule has 1 aromatic carbocycles. The van der Waals surface area contributed by atoms with Crippen molar-refractivity contribution in [2.75, 3.05) is 13.0 Å². The van der Waals surface area contributed by atoms with Crippen LogP contribution in [0.3, 0.4) is 0 Å². The van der Waals surface area contributed by atoms with E-state index in [4.69, 9.17) is 16.3 Å². The van der Waals surface area contributed by atoms with Crippen LogP contribution < -0.4 is 9.47 Å². The minimum atomic E-state index is -4.87. The Bertz CT molecular complexity index is 432. The predicted octanol–water partition coefficient (Wildman–Crippen LogP) is 3.41. The molecule has 0 saturated carbocycles. The SMILES string of the molecule is COc1cccc(OC(F)(F)F)c1C(=O)CCCl. The van der Waals surface area contributed by atoms with Crippen LogP contribution in [0.4, 0.5) is 13.2 Å². The van der Waals surface area contributed by atoms with Gasteiger partial charge in [0.25, 0.3) is 0 Å². The van der Waals surface area contributed by atoms with Gasteiger partial charge in [0.1, 0.15) is 17.1 Å². The summed E-state index contributed by atoms with van der Waals surface area (Å²) < 4.78 is 45.3. The number of hydrogen-bond donors (Lipinski definition) is 0. The smallest absolute Gasteiger partial charge is 0.496 e. The van der Waals surface area contributed by atoms with E-state index in [9.17, 15) is 18.0 Å². The van der Waals surface area contributed by atoms with E-state index >= 15 is 0 Å². The molecule has 3 nitrogen and oxygen atoms in total. The Hall–Kier alpha value is -1.43. The zero-order valence-electron chi connectivity index (χ0n) is 9.38. The Balaban J connectivity index is 3.20. The molecule has 0 spiro atoms. The molecule has 7 heteroatoms. The van der Waals surface area contributed by atoms with Crippen molar-refractivity contribution >= 4 is 17.4 Å². The minimum Gasteiger partial charge on any atom is -0.496 e. The lowest BCUT2D eigenvalue weighted by Gasteiger charge is -2.14. The first-order valence-electron chi connectivity index (χ1n) is 4.91. The number of carbonyl (C=O) groups is 1. The molecule has 1 rings (SSSR count). The van der Waals surface area contributed by atoms with E-state index in [-0.39, 0.29) is 23.6 Å². The first kappa shape index (κ1) is 14.6. The second-order valence-electron chi connectivity index (χ2n) is 3.24. The summed E-state index contributed by atoms with van der Waals surface area (Å²) in [7, 11) is 1.25. The molecule has 100 valence electrons. The Morgan fingerprint density at radius 2 is 1.94 bits per heavy atom. The zero-order valence-corrected chi connectivity index (χ0v) is 10.1. The maximum Gasteiger partial charge on any atom is 0.573 e. The van der Waals surface area contributed by atoms with Crippen molar-refractivity contribution in [1.82, 2.24) is 0 Å². The third-order valence-corrected chi connectivity index (χ3v) is 2.22. The van der Waals surface area contributed by atoms with Gasteiger partial charge in [-0.05, 0) is 12.1 Å². The molecule has 0 bridgehead atoms. The molecule has 0 aliphatic heterocycles. The van der Waals surface area contributed by atoms with E-state index in [1.807, 2.05) is 0 Å². The molecule has 0 amide bonds. The topological polar surface area (TPSA) is 35.5 Å². The van der Waals surface area contributed by atoms with Crippen LogP contribution in [0.15, 0.2) is 18.2 Å². The fourth-order valence-electron chi connectivity index (χ4n) is 1.38. The van der Waals surface area contributed by atoms with Gasteiger partial charge in [-0.25, -0.2) is 0 Å². The first-order chi connectivity index (χ1) is 8.39. The van der Waals surface area contributed by atoms with Gasteiger partial charge in [-0.3, -0.25) is 4.79 Å². The quantitative estimate of drug-likeness (QED) is 0.613. The number of carbonyl (C=O) groups excluding carboxylic acids is 1. The zero-order chi connectivity index (χ0) is 13.8.